The van der Waals surface area contributed by atoms with E-state index in [9.17, 15) is 4.79 Å². The van der Waals surface area contributed by atoms with Crippen molar-refractivity contribution in [3.05, 3.63) is 59.6 Å². The highest BCUT2D eigenvalue weighted by Crippen LogP contribution is 2.29. The lowest BCUT2D eigenvalue weighted by molar-refractivity contribution is 0.0654. The number of carbonyl (C=O) groups is 1. The molecule has 140 valence electrons. The lowest BCUT2D eigenvalue weighted by Gasteiger charge is -2.34. The SMILES string of the molecule is CC(N)C1CCCN(C(=O)c2cc(-c3cccs3)n(-c3ccccc3)n2)C1. The van der Waals surface area contributed by atoms with E-state index < -0.39 is 0 Å². The van der Waals surface area contributed by atoms with Crippen LogP contribution in [0.25, 0.3) is 16.3 Å². The summed E-state index contributed by atoms with van der Waals surface area (Å²) in [6.07, 6.45) is 2.08. The number of nitrogens with zero attached hydrogens (tertiary/aromatic N) is 3. The monoisotopic (exact) mass is 380 g/mol. The summed E-state index contributed by atoms with van der Waals surface area (Å²) in [7, 11) is 0. The van der Waals surface area contributed by atoms with E-state index in [-0.39, 0.29) is 11.9 Å². The summed E-state index contributed by atoms with van der Waals surface area (Å²) < 4.78 is 1.87. The molecular formula is C21H24N4OS. The first-order chi connectivity index (χ1) is 13.1. The summed E-state index contributed by atoms with van der Waals surface area (Å²) in [5.74, 6) is 0.350. The highest BCUT2D eigenvalue weighted by molar-refractivity contribution is 7.13. The maximum atomic E-state index is 13.1. The third-order valence-corrected chi connectivity index (χ3v) is 6.08. The molecule has 1 saturated heterocycles. The van der Waals surface area contributed by atoms with Crippen LogP contribution in [0.2, 0.25) is 0 Å². The zero-order chi connectivity index (χ0) is 18.8. The molecule has 3 heterocycles. The van der Waals surface area contributed by atoms with Crippen LogP contribution in [-0.4, -0.2) is 39.7 Å². The number of thiophene rings is 1. The van der Waals surface area contributed by atoms with Crippen molar-refractivity contribution < 1.29 is 4.79 Å². The van der Waals surface area contributed by atoms with E-state index in [1.54, 1.807) is 11.3 Å². The van der Waals surface area contributed by atoms with E-state index in [2.05, 4.69) is 11.2 Å². The molecule has 2 atom stereocenters. The molecule has 5 nitrogen and oxygen atoms in total. The summed E-state index contributed by atoms with van der Waals surface area (Å²) in [5, 5.41) is 6.72. The van der Waals surface area contributed by atoms with E-state index in [4.69, 9.17) is 5.73 Å². The fourth-order valence-electron chi connectivity index (χ4n) is 3.64. The van der Waals surface area contributed by atoms with Crippen molar-refractivity contribution in [1.82, 2.24) is 14.7 Å². The largest absolute Gasteiger partial charge is 0.337 e. The van der Waals surface area contributed by atoms with Gasteiger partial charge in [-0.05, 0) is 55.3 Å². The fourth-order valence-corrected chi connectivity index (χ4v) is 4.36. The van der Waals surface area contributed by atoms with Gasteiger partial charge in [-0.15, -0.1) is 11.3 Å². The Hall–Kier alpha value is -2.44. The Morgan fingerprint density at radius 2 is 2.07 bits per heavy atom. The topological polar surface area (TPSA) is 64.2 Å². The average Bonchev–Trinajstić information content (AvgIpc) is 3.38. The Bertz CT molecular complexity index is 902. The van der Waals surface area contributed by atoms with Crippen LogP contribution in [0.4, 0.5) is 0 Å². The molecule has 0 bridgehead atoms. The van der Waals surface area contributed by atoms with Crippen molar-refractivity contribution in [2.75, 3.05) is 13.1 Å². The van der Waals surface area contributed by atoms with Gasteiger partial charge in [0, 0.05) is 19.1 Å². The van der Waals surface area contributed by atoms with Crippen molar-refractivity contribution in [1.29, 1.82) is 0 Å². The minimum absolute atomic E-state index is 0.00663. The van der Waals surface area contributed by atoms with Gasteiger partial charge < -0.3 is 10.6 Å². The van der Waals surface area contributed by atoms with E-state index in [1.165, 1.54) is 0 Å². The minimum atomic E-state index is -0.00663. The number of benzene rings is 1. The molecule has 2 aromatic heterocycles. The van der Waals surface area contributed by atoms with Gasteiger partial charge in [-0.3, -0.25) is 4.79 Å². The maximum Gasteiger partial charge on any atom is 0.274 e. The van der Waals surface area contributed by atoms with Crippen LogP contribution in [0.15, 0.2) is 53.9 Å². The molecule has 2 N–H and O–H groups in total. The number of carbonyl (C=O) groups excluding carboxylic acids is 1. The van der Waals surface area contributed by atoms with Crippen LogP contribution in [0.1, 0.15) is 30.3 Å². The first-order valence-electron chi connectivity index (χ1n) is 9.37. The Morgan fingerprint density at radius 3 is 2.78 bits per heavy atom. The number of nitrogens with two attached hydrogens (primary N) is 1. The normalized spacial score (nSPS) is 18.4. The Labute approximate surface area is 163 Å². The summed E-state index contributed by atoms with van der Waals surface area (Å²) in [6.45, 7) is 3.51. The molecule has 1 amide bonds. The van der Waals surface area contributed by atoms with Crippen molar-refractivity contribution in [3.63, 3.8) is 0 Å². The molecule has 0 spiro atoms. The quantitative estimate of drug-likeness (QED) is 0.749. The van der Waals surface area contributed by atoms with Crippen molar-refractivity contribution in [2.45, 2.75) is 25.8 Å². The third kappa shape index (κ3) is 3.68. The Kier molecular flexibility index (Phi) is 5.09. The van der Waals surface area contributed by atoms with E-state index in [0.717, 1.165) is 35.6 Å². The maximum absolute atomic E-state index is 13.1. The van der Waals surface area contributed by atoms with E-state index >= 15 is 0 Å². The summed E-state index contributed by atoms with van der Waals surface area (Å²) in [4.78, 5) is 16.2. The first kappa shape index (κ1) is 17.9. The second-order valence-electron chi connectivity index (χ2n) is 7.15. The zero-order valence-electron chi connectivity index (χ0n) is 15.4. The summed E-state index contributed by atoms with van der Waals surface area (Å²) >= 11 is 1.65. The van der Waals surface area contributed by atoms with Crippen LogP contribution in [0, 0.1) is 5.92 Å². The predicted molar refractivity (Wildman–Crippen MR) is 109 cm³/mol. The molecule has 1 aliphatic heterocycles. The molecule has 2 unspecified atom stereocenters. The molecule has 1 aromatic carbocycles. The van der Waals surface area contributed by atoms with Gasteiger partial charge in [-0.2, -0.15) is 5.10 Å². The first-order valence-corrected chi connectivity index (χ1v) is 10.3. The number of hydrogen-bond donors (Lipinski definition) is 1. The van der Waals surface area contributed by atoms with Gasteiger partial charge in [0.2, 0.25) is 0 Å². The molecule has 3 aromatic rings. The van der Waals surface area contributed by atoms with Gasteiger partial charge in [0.1, 0.15) is 0 Å². The highest BCUT2D eigenvalue weighted by atomic mass is 32.1. The second-order valence-corrected chi connectivity index (χ2v) is 8.10. The lowest BCUT2D eigenvalue weighted by atomic mass is 9.92. The van der Waals surface area contributed by atoms with Crippen molar-refractivity contribution in [3.8, 4) is 16.3 Å². The van der Waals surface area contributed by atoms with Gasteiger partial charge in [0.25, 0.3) is 5.91 Å². The number of hydrogen-bond acceptors (Lipinski definition) is 4. The smallest absolute Gasteiger partial charge is 0.274 e. The van der Waals surface area contributed by atoms with Gasteiger partial charge >= 0.3 is 0 Å². The molecule has 0 saturated carbocycles. The summed E-state index contributed by atoms with van der Waals surface area (Å²) in [6, 6.07) is 16.0. The molecular weight excluding hydrogens is 356 g/mol. The summed E-state index contributed by atoms with van der Waals surface area (Å²) in [5.41, 5.74) is 8.47. The molecule has 1 aliphatic rings. The molecule has 4 rings (SSSR count). The van der Waals surface area contributed by atoms with Gasteiger partial charge in [-0.1, -0.05) is 24.3 Å². The van der Waals surface area contributed by atoms with Crippen LogP contribution in [0.5, 0.6) is 0 Å². The number of para-hydroxylation sites is 1. The van der Waals surface area contributed by atoms with Crippen LogP contribution in [-0.2, 0) is 0 Å². The van der Waals surface area contributed by atoms with Crippen molar-refractivity contribution in [2.24, 2.45) is 11.7 Å². The molecule has 0 aliphatic carbocycles. The van der Waals surface area contributed by atoms with E-state index in [0.29, 0.717) is 18.2 Å². The van der Waals surface area contributed by atoms with Gasteiger partial charge in [0.15, 0.2) is 5.69 Å². The standard InChI is InChI=1S/C21H24N4OS/c1-15(22)16-7-5-11-24(14-16)21(26)18-13-19(20-10-6-12-27-20)25(23-18)17-8-3-2-4-9-17/h2-4,6,8-10,12-13,15-16H,5,7,11,14,22H2,1H3. The van der Waals surface area contributed by atoms with Gasteiger partial charge in [-0.25, -0.2) is 4.68 Å². The van der Waals surface area contributed by atoms with Crippen LogP contribution >= 0.6 is 11.3 Å². The minimum Gasteiger partial charge on any atom is -0.337 e. The Morgan fingerprint density at radius 1 is 1.26 bits per heavy atom. The fraction of sp³-hybridized carbons (Fsp3) is 0.333. The third-order valence-electron chi connectivity index (χ3n) is 5.19. The number of aromatic nitrogens is 2. The predicted octanol–water partition coefficient (Wildman–Crippen LogP) is 3.80. The van der Waals surface area contributed by atoms with E-state index in [1.807, 2.05) is 64.4 Å². The average molecular weight is 381 g/mol. The molecule has 6 heteroatoms. The molecule has 1 fully saturated rings. The van der Waals surface area contributed by atoms with Crippen molar-refractivity contribution >= 4 is 17.2 Å². The van der Waals surface area contributed by atoms with Gasteiger partial charge in [0.05, 0.1) is 16.3 Å². The molecule has 27 heavy (non-hydrogen) atoms. The lowest BCUT2D eigenvalue weighted by Crippen LogP contribution is -2.45. The molecule has 0 radical (unpaired) electrons. The Balaban J connectivity index is 1.68. The number of rotatable bonds is 4. The zero-order valence-corrected chi connectivity index (χ0v) is 16.2. The highest BCUT2D eigenvalue weighted by Gasteiger charge is 2.28. The number of amides is 1. The van der Waals surface area contributed by atoms with Crippen LogP contribution < -0.4 is 5.73 Å². The number of likely N-dealkylation sites (tertiary alicyclic amines) is 1. The van der Waals surface area contributed by atoms with Crippen LogP contribution in [0.3, 0.4) is 0 Å². The number of piperidine rings is 1. The second kappa shape index (κ2) is 7.66.